The fourth-order valence-corrected chi connectivity index (χ4v) is 2.04. The zero-order valence-corrected chi connectivity index (χ0v) is 12.0. The molecule has 0 saturated carbocycles. The molecule has 0 aliphatic carbocycles. The Bertz CT molecular complexity index is 656. The van der Waals surface area contributed by atoms with Gasteiger partial charge in [0.05, 0.1) is 17.1 Å². The minimum atomic E-state index is -0.830. The molecule has 0 radical (unpaired) electrons. The Labute approximate surface area is 127 Å². The highest BCUT2D eigenvalue weighted by molar-refractivity contribution is 5.94. The predicted octanol–water partition coefficient (Wildman–Crippen LogP) is 2.45. The summed E-state index contributed by atoms with van der Waals surface area (Å²) < 4.78 is 0. The van der Waals surface area contributed by atoms with E-state index in [1.807, 2.05) is 18.2 Å². The largest absolute Gasteiger partial charge is 0.386 e. The van der Waals surface area contributed by atoms with Crippen LogP contribution in [0.3, 0.4) is 0 Å². The van der Waals surface area contributed by atoms with E-state index in [9.17, 15) is 20.0 Å². The van der Waals surface area contributed by atoms with E-state index >= 15 is 0 Å². The minimum Gasteiger partial charge on any atom is -0.386 e. The number of rotatable bonds is 5. The number of amides is 1. The Morgan fingerprint density at radius 1 is 1.14 bits per heavy atom. The number of carbonyl (C=O) groups excluding carboxylic acids is 1. The fourth-order valence-electron chi connectivity index (χ4n) is 2.04. The fraction of sp³-hybridized carbons (Fsp3) is 0.188. The molecule has 2 rings (SSSR count). The summed E-state index contributed by atoms with van der Waals surface area (Å²) in [5.41, 5.74) is 0.936. The lowest BCUT2D eigenvalue weighted by Crippen LogP contribution is -2.37. The molecule has 0 bridgehead atoms. The maximum atomic E-state index is 12.1. The van der Waals surface area contributed by atoms with Crippen molar-refractivity contribution in [3.05, 3.63) is 75.8 Å². The van der Waals surface area contributed by atoms with E-state index < -0.39 is 23.0 Å². The second kappa shape index (κ2) is 6.82. The van der Waals surface area contributed by atoms with Crippen LogP contribution in [0.1, 0.15) is 28.9 Å². The molecule has 22 heavy (non-hydrogen) atoms. The molecule has 1 amide bonds. The Hall–Kier alpha value is -2.73. The van der Waals surface area contributed by atoms with Gasteiger partial charge in [-0.1, -0.05) is 30.3 Å². The summed E-state index contributed by atoms with van der Waals surface area (Å²) in [5, 5.41) is 23.5. The third-order valence-corrected chi connectivity index (χ3v) is 3.31. The Kier molecular flexibility index (Phi) is 4.85. The smallest absolute Gasteiger partial charge is 0.269 e. The van der Waals surface area contributed by atoms with Crippen molar-refractivity contribution in [2.24, 2.45) is 0 Å². The van der Waals surface area contributed by atoms with E-state index in [1.165, 1.54) is 24.3 Å². The average molecular weight is 300 g/mol. The van der Waals surface area contributed by atoms with Crippen LogP contribution in [0.4, 0.5) is 5.69 Å². The highest BCUT2D eigenvalue weighted by Crippen LogP contribution is 2.17. The summed E-state index contributed by atoms with van der Waals surface area (Å²) in [5.74, 6) is -0.391. The van der Waals surface area contributed by atoms with Gasteiger partial charge in [0.15, 0.2) is 0 Å². The van der Waals surface area contributed by atoms with Crippen LogP contribution in [0.25, 0.3) is 0 Å². The molecule has 0 aromatic heterocycles. The maximum absolute atomic E-state index is 12.1. The van der Waals surface area contributed by atoms with Gasteiger partial charge in [-0.15, -0.1) is 0 Å². The number of nitrogens with zero attached hydrogens (tertiary/aromatic N) is 1. The number of nitro benzene ring substituents is 1. The van der Waals surface area contributed by atoms with Crippen molar-refractivity contribution in [1.82, 2.24) is 5.32 Å². The van der Waals surface area contributed by atoms with Crippen molar-refractivity contribution in [1.29, 1.82) is 0 Å². The second-order valence-corrected chi connectivity index (χ2v) is 4.92. The normalized spacial score (nSPS) is 13.2. The lowest BCUT2D eigenvalue weighted by Gasteiger charge is -2.20. The third kappa shape index (κ3) is 3.67. The lowest BCUT2D eigenvalue weighted by molar-refractivity contribution is -0.384. The van der Waals surface area contributed by atoms with Crippen LogP contribution in [-0.4, -0.2) is 22.0 Å². The van der Waals surface area contributed by atoms with Crippen molar-refractivity contribution in [3.63, 3.8) is 0 Å². The van der Waals surface area contributed by atoms with Crippen molar-refractivity contribution >= 4 is 11.6 Å². The van der Waals surface area contributed by atoms with Crippen LogP contribution in [0.5, 0.6) is 0 Å². The lowest BCUT2D eigenvalue weighted by atomic mass is 10.0. The first kappa shape index (κ1) is 15.7. The number of hydrogen-bond acceptors (Lipinski definition) is 4. The summed E-state index contributed by atoms with van der Waals surface area (Å²) in [7, 11) is 0. The Morgan fingerprint density at radius 3 is 2.27 bits per heavy atom. The SMILES string of the molecule is CC(NC(=O)c1ccc([N+](=O)[O-])cc1)C(O)c1ccccc1. The molecule has 114 valence electrons. The number of non-ortho nitro benzene ring substituents is 1. The topological polar surface area (TPSA) is 92.5 Å². The van der Waals surface area contributed by atoms with Gasteiger partial charge in [-0.25, -0.2) is 0 Å². The first-order valence-electron chi connectivity index (χ1n) is 6.77. The quantitative estimate of drug-likeness (QED) is 0.655. The maximum Gasteiger partial charge on any atom is 0.269 e. The molecular weight excluding hydrogens is 284 g/mol. The molecule has 2 unspecified atom stereocenters. The Morgan fingerprint density at radius 2 is 1.73 bits per heavy atom. The first-order valence-corrected chi connectivity index (χ1v) is 6.77. The van der Waals surface area contributed by atoms with Gasteiger partial charge in [0.25, 0.3) is 11.6 Å². The molecule has 0 aliphatic heterocycles. The van der Waals surface area contributed by atoms with Gasteiger partial charge < -0.3 is 10.4 Å². The number of hydrogen-bond donors (Lipinski definition) is 2. The molecule has 0 heterocycles. The molecule has 0 spiro atoms. The number of aliphatic hydroxyl groups is 1. The average Bonchev–Trinajstić information content (AvgIpc) is 2.54. The van der Waals surface area contributed by atoms with Gasteiger partial charge >= 0.3 is 0 Å². The standard InChI is InChI=1S/C16H16N2O4/c1-11(15(19)12-5-3-2-4-6-12)17-16(20)13-7-9-14(10-8-13)18(21)22/h2-11,15,19H,1H3,(H,17,20). The number of carbonyl (C=O) groups is 1. The molecule has 0 fully saturated rings. The first-order chi connectivity index (χ1) is 10.5. The van der Waals surface area contributed by atoms with Gasteiger partial charge in [-0.05, 0) is 24.6 Å². The van der Waals surface area contributed by atoms with Crippen LogP contribution >= 0.6 is 0 Å². The minimum absolute atomic E-state index is 0.0751. The van der Waals surface area contributed by atoms with E-state index in [2.05, 4.69) is 5.32 Å². The van der Waals surface area contributed by atoms with Gasteiger partial charge in [-0.3, -0.25) is 14.9 Å². The van der Waals surface area contributed by atoms with E-state index in [4.69, 9.17) is 0 Å². The molecule has 2 aromatic rings. The summed E-state index contributed by atoms with van der Waals surface area (Å²) in [6.07, 6.45) is -0.830. The van der Waals surface area contributed by atoms with E-state index in [0.717, 1.165) is 0 Å². The van der Waals surface area contributed by atoms with E-state index in [0.29, 0.717) is 11.1 Å². The molecule has 2 atom stereocenters. The van der Waals surface area contributed by atoms with Crippen LogP contribution in [-0.2, 0) is 0 Å². The zero-order valence-electron chi connectivity index (χ0n) is 12.0. The van der Waals surface area contributed by atoms with E-state index in [1.54, 1.807) is 19.1 Å². The number of aliphatic hydroxyl groups excluding tert-OH is 1. The van der Waals surface area contributed by atoms with Gasteiger partial charge in [-0.2, -0.15) is 0 Å². The Balaban J connectivity index is 2.03. The van der Waals surface area contributed by atoms with Crippen LogP contribution in [0, 0.1) is 10.1 Å². The van der Waals surface area contributed by atoms with Crippen molar-refractivity contribution < 1.29 is 14.8 Å². The van der Waals surface area contributed by atoms with Gasteiger partial charge in [0.2, 0.25) is 0 Å². The van der Waals surface area contributed by atoms with Gasteiger partial charge in [0.1, 0.15) is 0 Å². The number of nitrogens with one attached hydrogen (secondary N) is 1. The van der Waals surface area contributed by atoms with Crippen LogP contribution in [0.15, 0.2) is 54.6 Å². The second-order valence-electron chi connectivity index (χ2n) is 4.92. The molecule has 6 nitrogen and oxygen atoms in total. The molecular formula is C16H16N2O4. The summed E-state index contributed by atoms with van der Waals surface area (Å²) in [6.45, 7) is 1.70. The van der Waals surface area contributed by atoms with Crippen molar-refractivity contribution in [3.8, 4) is 0 Å². The third-order valence-electron chi connectivity index (χ3n) is 3.31. The van der Waals surface area contributed by atoms with Crippen molar-refractivity contribution in [2.75, 3.05) is 0 Å². The summed E-state index contributed by atoms with van der Waals surface area (Å²) in [4.78, 5) is 22.1. The van der Waals surface area contributed by atoms with E-state index in [-0.39, 0.29) is 5.69 Å². The van der Waals surface area contributed by atoms with Gasteiger partial charge in [0, 0.05) is 17.7 Å². The molecule has 0 saturated heterocycles. The van der Waals surface area contributed by atoms with Crippen molar-refractivity contribution in [2.45, 2.75) is 19.1 Å². The van der Waals surface area contributed by atoms with Crippen LogP contribution < -0.4 is 5.32 Å². The molecule has 2 N–H and O–H groups in total. The highest BCUT2D eigenvalue weighted by Gasteiger charge is 2.19. The predicted molar refractivity (Wildman–Crippen MR) is 81.4 cm³/mol. The monoisotopic (exact) mass is 300 g/mol. The zero-order chi connectivity index (χ0) is 16.1. The summed E-state index contributed by atoms with van der Waals surface area (Å²) in [6, 6.07) is 13.8. The molecule has 0 aliphatic rings. The van der Waals surface area contributed by atoms with Crippen LogP contribution in [0.2, 0.25) is 0 Å². The number of nitro groups is 1. The molecule has 2 aromatic carbocycles. The molecule has 6 heteroatoms. The number of benzene rings is 2. The highest BCUT2D eigenvalue weighted by atomic mass is 16.6. The summed E-state index contributed by atoms with van der Waals surface area (Å²) >= 11 is 0.